The van der Waals surface area contributed by atoms with Crippen LogP contribution in [0.1, 0.15) is 23.9 Å². The lowest BCUT2D eigenvalue weighted by Gasteiger charge is -2.29. The van der Waals surface area contributed by atoms with Gasteiger partial charge in [0.2, 0.25) is 5.09 Å². The van der Waals surface area contributed by atoms with Gasteiger partial charge in [0.1, 0.15) is 0 Å². The number of hydrogen-bond donors (Lipinski definition) is 3. The van der Waals surface area contributed by atoms with Crippen LogP contribution < -0.4 is 15.4 Å². The lowest BCUT2D eigenvalue weighted by Crippen LogP contribution is -2.48. The van der Waals surface area contributed by atoms with E-state index in [0.717, 1.165) is 19.5 Å². The lowest BCUT2D eigenvalue weighted by atomic mass is 9.95. The van der Waals surface area contributed by atoms with E-state index in [-0.39, 0.29) is 35.2 Å². The molecule has 0 radical (unpaired) electrons. The van der Waals surface area contributed by atoms with Gasteiger partial charge in [-0.3, -0.25) is 4.79 Å². The van der Waals surface area contributed by atoms with Gasteiger partial charge in [-0.1, -0.05) is 6.92 Å². The fraction of sp³-hybridized carbons (Fsp3) is 0.583. The minimum atomic E-state index is -3.66. The lowest BCUT2D eigenvalue weighted by molar-refractivity contribution is 0.0880. The standard InChI is InChI=1S/C12H19N3O4S.ClH/c1-8-7-14-6-5-9(8)15-12(16)10-3-4-11(19-10)20(17,18)13-2;/h3-4,8-9,13-14H,5-7H2,1-2H3,(H,15,16);1H. The largest absolute Gasteiger partial charge is 0.438 e. The molecule has 0 saturated carbocycles. The molecule has 1 aliphatic rings. The quantitative estimate of drug-likeness (QED) is 0.735. The monoisotopic (exact) mass is 337 g/mol. The number of rotatable bonds is 4. The first kappa shape index (κ1) is 18.0. The van der Waals surface area contributed by atoms with Gasteiger partial charge in [-0.05, 0) is 44.6 Å². The van der Waals surface area contributed by atoms with Crippen molar-refractivity contribution < 1.29 is 17.6 Å². The van der Waals surface area contributed by atoms with Crippen LogP contribution in [0.5, 0.6) is 0 Å². The Hall–Kier alpha value is -1.09. The van der Waals surface area contributed by atoms with E-state index in [1.807, 2.05) is 0 Å². The minimum Gasteiger partial charge on any atom is -0.438 e. The van der Waals surface area contributed by atoms with Gasteiger partial charge in [-0.2, -0.15) is 0 Å². The average Bonchev–Trinajstić information content (AvgIpc) is 2.92. The van der Waals surface area contributed by atoms with Crippen molar-refractivity contribution >= 4 is 28.3 Å². The summed E-state index contributed by atoms with van der Waals surface area (Å²) in [6, 6.07) is 2.70. The molecule has 9 heteroatoms. The van der Waals surface area contributed by atoms with Gasteiger partial charge in [0.15, 0.2) is 5.76 Å². The topological polar surface area (TPSA) is 100 Å². The fourth-order valence-electron chi connectivity index (χ4n) is 2.16. The summed E-state index contributed by atoms with van der Waals surface area (Å²) in [5.41, 5.74) is 0. The maximum atomic E-state index is 12.0. The van der Waals surface area contributed by atoms with E-state index in [4.69, 9.17) is 4.42 Å². The zero-order valence-electron chi connectivity index (χ0n) is 11.9. The summed E-state index contributed by atoms with van der Waals surface area (Å²) in [5.74, 6) is -0.0611. The Balaban J connectivity index is 0.00000220. The van der Waals surface area contributed by atoms with Crippen molar-refractivity contribution in [1.29, 1.82) is 0 Å². The summed E-state index contributed by atoms with van der Waals surface area (Å²) in [6.07, 6.45) is 0.843. The molecule has 3 N–H and O–H groups in total. The normalized spacial score (nSPS) is 22.4. The smallest absolute Gasteiger partial charge is 0.287 e. The third-order valence-corrected chi connectivity index (χ3v) is 4.73. The van der Waals surface area contributed by atoms with Crippen LogP contribution in [-0.2, 0) is 10.0 Å². The van der Waals surface area contributed by atoms with Crippen LogP contribution in [0.4, 0.5) is 0 Å². The number of carbonyl (C=O) groups is 1. The molecule has 2 heterocycles. The number of sulfonamides is 1. The number of piperidine rings is 1. The van der Waals surface area contributed by atoms with E-state index < -0.39 is 10.0 Å². The number of hydrogen-bond acceptors (Lipinski definition) is 5. The molecule has 7 nitrogen and oxygen atoms in total. The number of nitrogens with one attached hydrogen (secondary N) is 3. The van der Waals surface area contributed by atoms with Crippen molar-refractivity contribution in [3.63, 3.8) is 0 Å². The molecule has 1 amide bonds. The van der Waals surface area contributed by atoms with Crippen molar-refractivity contribution in [2.24, 2.45) is 5.92 Å². The summed E-state index contributed by atoms with van der Waals surface area (Å²) >= 11 is 0. The van der Waals surface area contributed by atoms with Crippen molar-refractivity contribution in [2.45, 2.75) is 24.5 Å². The molecule has 0 aromatic carbocycles. The Morgan fingerprint density at radius 2 is 2.14 bits per heavy atom. The third kappa shape index (κ3) is 4.19. The number of halogens is 1. The van der Waals surface area contributed by atoms with E-state index in [1.165, 1.54) is 19.2 Å². The van der Waals surface area contributed by atoms with Gasteiger partial charge in [-0.15, -0.1) is 12.4 Å². The molecule has 1 aliphatic heterocycles. The molecule has 2 unspecified atom stereocenters. The van der Waals surface area contributed by atoms with Gasteiger partial charge in [-0.25, -0.2) is 13.1 Å². The molecule has 21 heavy (non-hydrogen) atoms. The highest BCUT2D eigenvalue weighted by Crippen LogP contribution is 2.15. The molecule has 1 aromatic heterocycles. The van der Waals surface area contributed by atoms with E-state index >= 15 is 0 Å². The molecule has 1 aromatic rings. The van der Waals surface area contributed by atoms with Gasteiger partial charge in [0.25, 0.3) is 15.9 Å². The summed E-state index contributed by atoms with van der Waals surface area (Å²) in [4.78, 5) is 12.0. The van der Waals surface area contributed by atoms with Gasteiger partial charge in [0, 0.05) is 6.04 Å². The Morgan fingerprint density at radius 1 is 1.43 bits per heavy atom. The van der Waals surface area contributed by atoms with Crippen LogP contribution in [0.3, 0.4) is 0 Å². The molecule has 0 spiro atoms. The molecule has 2 atom stereocenters. The SMILES string of the molecule is CNS(=O)(=O)c1ccc(C(=O)NC2CCNCC2C)o1.Cl. The van der Waals surface area contributed by atoms with Crippen LogP contribution in [0.2, 0.25) is 0 Å². The number of furan rings is 1. The Morgan fingerprint density at radius 3 is 2.76 bits per heavy atom. The number of amides is 1. The van der Waals surface area contributed by atoms with Crippen molar-refractivity contribution in [1.82, 2.24) is 15.4 Å². The predicted molar refractivity (Wildman–Crippen MR) is 80.1 cm³/mol. The van der Waals surface area contributed by atoms with E-state index in [2.05, 4.69) is 22.3 Å². The molecule has 1 saturated heterocycles. The first-order valence-corrected chi connectivity index (χ1v) is 7.97. The molecule has 2 rings (SSSR count). The Bertz CT molecular complexity index is 587. The summed E-state index contributed by atoms with van der Waals surface area (Å²) < 4.78 is 30.3. The second-order valence-corrected chi connectivity index (χ2v) is 6.69. The zero-order valence-corrected chi connectivity index (χ0v) is 13.5. The maximum absolute atomic E-state index is 12.0. The fourth-order valence-corrected chi connectivity index (χ4v) is 2.80. The minimum absolute atomic E-state index is 0. The third-order valence-electron chi connectivity index (χ3n) is 3.44. The first-order chi connectivity index (χ1) is 9.44. The predicted octanol–water partition coefficient (Wildman–Crippen LogP) is 0.337. The highest BCUT2D eigenvalue weighted by molar-refractivity contribution is 7.89. The molecule has 120 valence electrons. The van der Waals surface area contributed by atoms with Crippen LogP contribution in [0.15, 0.2) is 21.6 Å². The summed E-state index contributed by atoms with van der Waals surface area (Å²) in [6.45, 7) is 3.76. The summed E-state index contributed by atoms with van der Waals surface area (Å²) in [5, 5.41) is 5.87. The van der Waals surface area contributed by atoms with Crippen LogP contribution in [-0.4, -0.2) is 40.5 Å². The van der Waals surface area contributed by atoms with Crippen LogP contribution in [0.25, 0.3) is 0 Å². The first-order valence-electron chi connectivity index (χ1n) is 6.49. The molecule has 0 aliphatic carbocycles. The highest BCUT2D eigenvalue weighted by Gasteiger charge is 2.25. The van der Waals surface area contributed by atoms with E-state index in [0.29, 0.717) is 5.92 Å². The second-order valence-electron chi connectivity index (χ2n) is 4.88. The van der Waals surface area contributed by atoms with E-state index in [9.17, 15) is 13.2 Å². The van der Waals surface area contributed by atoms with Crippen molar-refractivity contribution in [2.75, 3.05) is 20.1 Å². The Kier molecular flexibility index (Phi) is 6.21. The second kappa shape index (κ2) is 7.26. The number of carbonyl (C=O) groups excluding carboxylic acids is 1. The zero-order chi connectivity index (χ0) is 14.8. The van der Waals surface area contributed by atoms with Gasteiger partial charge < -0.3 is 15.1 Å². The molecular weight excluding hydrogens is 318 g/mol. The van der Waals surface area contributed by atoms with Crippen molar-refractivity contribution in [3.8, 4) is 0 Å². The molecule has 0 bridgehead atoms. The Labute approximate surface area is 130 Å². The molecule has 1 fully saturated rings. The van der Waals surface area contributed by atoms with Crippen molar-refractivity contribution in [3.05, 3.63) is 17.9 Å². The van der Waals surface area contributed by atoms with Gasteiger partial charge >= 0.3 is 0 Å². The van der Waals surface area contributed by atoms with E-state index in [1.54, 1.807) is 0 Å². The van der Waals surface area contributed by atoms with Crippen LogP contribution in [0, 0.1) is 5.92 Å². The van der Waals surface area contributed by atoms with Crippen LogP contribution >= 0.6 is 12.4 Å². The summed E-state index contributed by atoms with van der Waals surface area (Å²) in [7, 11) is -2.38. The maximum Gasteiger partial charge on any atom is 0.287 e. The molecular formula is C12H20ClN3O4S. The average molecular weight is 338 g/mol. The van der Waals surface area contributed by atoms with Gasteiger partial charge in [0.05, 0.1) is 0 Å². The highest BCUT2D eigenvalue weighted by atomic mass is 35.5.